The van der Waals surface area contributed by atoms with Gasteiger partial charge in [-0.1, -0.05) is 24.3 Å². The van der Waals surface area contributed by atoms with Gasteiger partial charge < -0.3 is 24.6 Å². The predicted molar refractivity (Wildman–Crippen MR) is 123 cm³/mol. The molecule has 3 N–H and O–H groups in total. The van der Waals surface area contributed by atoms with E-state index < -0.39 is 17.1 Å². The lowest BCUT2D eigenvalue weighted by atomic mass is 9.91. The smallest absolute Gasteiger partial charge is 0.227 e. The summed E-state index contributed by atoms with van der Waals surface area (Å²) in [5.41, 5.74) is 1.85. The van der Waals surface area contributed by atoms with Crippen LogP contribution in [0.25, 0.3) is 11.0 Å². The number of aromatic nitrogens is 2. The van der Waals surface area contributed by atoms with Crippen LogP contribution < -0.4 is 15.5 Å². The van der Waals surface area contributed by atoms with E-state index in [0.717, 1.165) is 11.0 Å². The Morgan fingerprint density at radius 1 is 1.21 bits per heavy atom. The number of methoxy groups -OCH3 is 1. The highest BCUT2D eigenvalue weighted by atomic mass is 16.5. The average Bonchev–Trinajstić information content (AvgIpc) is 3.25. The Kier molecular flexibility index (Phi) is 6.17. The minimum Gasteiger partial charge on any atom is -0.502 e. The van der Waals surface area contributed by atoms with Gasteiger partial charge in [-0.25, -0.2) is 4.98 Å². The zero-order valence-corrected chi connectivity index (χ0v) is 18.6. The van der Waals surface area contributed by atoms with Crippen LogP contribution in [0.4, 0.5) is 0 Å². The summed E-state index contributed by atoms with van der Waals surface area (Å²) in [6.45, 7) is 3.46. The first kappa shape index (κ1) is 22.1. The number of amides is 1. The number of carbonyl (C=O) groups is 1. The fourth-order valence-corrected chi connectivity index (χ4v) is 3.79. The van der Waals surface area contributed by atoms with Crippen LogP contribution in [-0.2, 0) is 4.79 Å². The van der Waals surface area contributed by atoms with Gasteiger partial charge in [0.05, 0.1) is 30.1 Å². The summed E-state index contributed by atoms with van der Waals surface area (Å²) < 4.78 is 10.9. The number of nitrogens with one attached hydrogen (secondary N) is 2. The number of aromatic hydroxyl groups is 1. The van der Waals surface area contributed by atoms with Gasteiger partial charge in [0.1, 0.15) is 17.3 Å². The summed E-state index contributed by atoms with van der Waals surface area (Å²) in [5, 5.41) is 13.4. The van der Waals surface area contributed by atoms with E-state index in [9.17, 15) is 14.7 Å². The highest BCUT2D eigenvalue weighted by Crippen LogP contribution is 2.34. The van der Waals surface area contributed by atoms with Crippen molar-refractivity contribution >= 4 is 16.9 Å². The van der Waals surface area contributed by atoms with Crippen LogP contribution in [0, 0.1) is 6.92 Å². The number of aromatic amines is 1. The van der Waals surface area contributed by atoms with Crippen LogP contribution in [0.15, 0.2) is 63.8 Å². The second kappa shape index (κ2) is 9.20. The lowest BCUT2D eigenvalue weighted by Crippen LogP contribution is -2.29. The molecule has 0 saturated heterocycles. The maximum Gasteiger partial charge on any atom is 0.227 e. The zero-order chi connectivity index (χ0) is 23.5. The van der Waals surface area contributed by atoms with Gasteiger partial charge in [-0.2, -0.15) is 0 Å². The van der Waals surface area contributed by atoms with E-state index in [1.807, 2.05) is 31.2 Å². The van der Waals surface area contributed by atoms with Gasteiger partial charge in [0.25, 0.3) is 0 Å². The lowest BCUT2D eigenvalue weighted by Gasteiger charge is -2.19. The van der Waals surface area contributed by atoms with Crippen molar-refractivity contribution in [3.8, 4) is 11.5 Å². The quantitative estimate of drug-likeness (QED) is 0.395. The Hall–Kier alpha value is -4.07. The van der Waals surface area contributed by atoms with Crippen LogP contribution in [0.5, 0.6) is 11.5 Å². The van der Waals surface area contributed by atoms with Crippen LogP contribution >= 0.6 is 0 Å². The number of hydrogen-bond donors (Lipinski definition) is 3. The molecule has 8 nitrogen and oxygen atoms in total. The summed E-state index contributed by atoms with van der Waals surface area (Å²) in [6, 6.07) is 15.5. The molecule has 0 bridgehead atoms. The molecule has 0 saturated carbocycles. The molecule has 0 aliphatic rings. The van der Waals surface area contributed by atoms with E-state index in [2.05, 4.69) is 15.3 Å². The van der Waals surface area contributed by atoms with Crippen molar-refractivity contribution < 1.29 is 19.1 Å². The predicted octanol–water partition coefficient (Wildman–Crippen LogP) is 3.94. The summed E-state index contributed by atoms with van der Waals surface area (Å²) in [7, 11) is 1.56. The van der Waals surface area contributed by atoms with Crippen molar-refractivity contribution in [2.45, 2.75) is 32.2 Å². The molecule has 0 fully saturated rings. The van der Waals surface area contributed by atoms with Gasteiger partial charge in [-0.15, -0.1) is 0 Å². The van der Waals surface area contributed by atoms with Crippen LogP contribution in [0.3, 0.4) is 0 Å². The van der Waals surface area contributed by atoms with Gasteiger partial charge in [-0.05, 0) is 43.7 Å². The van der Waals surface area contributed by atoms with Crippen LogP contribution in [-0.4, -0.2) is 28.1 Å². The first-order valence-corrected chi connectivity index (χ1v) is 10.6. The topological polar surface area (TPSA) is 117 Å². The summed E-state index contributed by atoms with van der Waals surface area (Å²) in [4.78, 5) is 33.0. The lowest BCUT2D eigenvalue weighted by molar-refractivity contribution is -0.122. The Morgan fingerprint density at radius 3 is 2.64 bits per heavy atom. The Labute approximate surface area is 190 Å². The SMILES string of the molecule is COc1ccc(C(CC(=O)NC(C)c2nc3ccccc3[nH]2)c2oc(C)cc(=O)c2O)cc1. The molecule has 0 radical (unpaired) electrons. The van der Waals surface area contributed by atoms with E-state index in [1.54, 1.807) is 38.3 Å². The van der Waals surface area contributed by atoms with E-state index in [-0.39, 0.29) is 24.1 Å². The second-order valence-electron chi connectivity index (χ2n) is 7.89. The number of para-hydroxylation sites is 2. The normalized spacial score (nSPS) is 12.9. The number of carbonyl (C=O) groups excluding carboxylic acids is 1. The summed E-state index contributed by atoms with van der Waals surface area (Å²) in [5.74, 6) is 0.225. The second-order valence-corrected chi connectivity index (χ2v) is 7.89. The first-order chi connectivity index (χ1) is 15.9. The Balaban J connectivity index is 1.61. The average molecular weight is 447 g/mol. The molecule has 0 spiro atoms. The maximum absolute atomic E-state index is 13.0. The number of H-pyrrole nitrogens is 1. The molecule has 1 amide bonds. The third-order valence-electron chi connectivity index (χ3n) is 5.49. The van der Waals surface area contributed by atoms with Gasteiger partial charge in [0, 0.05) is 12.5 Å². The highest BCUT2D eigenvalue weighted by Gasteiger charge is 2.27. The third-order valence-corrected chi connectivity index (χ3v) is 5.49. The maximum atomic E-state index is 13.0. The van der Waals surface area contributed by atoms with Crippen molar-refractivity contribution in [3.05, 3.63) is 87.7 Å². The van der Waals surface area contributed by atoms with Gasteiger partial charge in [-0.3, -0.25) is 9.59 Å². The number of nitrogens with zero attached hydrogens (tertiary/aromatic N) is 1. The molecule has 2 heterocycles. The van der Waals surface area contributed by atoms with Crippen molar-refractivity contribution in [1.29, 1.82) is 0 Å². The van der Waals surface area contributed by atoms with Crippen molar-refractivity contribution in [1.82, 2.24) is 15.3 Å². The van der Waals surface area contributed by atoms with Crippen molar-refractivity contribution in [2.75, 3.05) is 7.11 Å². The zero-order valence-electron chi connectivity index (χ0n) is 18.6. The first-order valence-electron chi connectivity index (χ1n) is 10.6. The molecule has 2 aromatic carbocycles. The third kappa shape index (κ3) is 4.74. The van der Waals surface area contributed by atoms with Crippen molar-refractivity contribution in [2.24, 2.45) is 0 Å². The molecule has 8 heteroatoms. The van der Waals surface area contributed by atoms with E-state index in [0.29, 0.717) is 22.9 Å². The molecule has 0 aliphatic heterocycles. The summed E-state index contributed by atoms with van der Waals surface area (Å²) >= 11 is 0. The van der Waals surface area contributed by atoms with Gasteiger partial charge in [0.2, 0.25) is 17.1 Å². The number of rotatable bonds is 7. The van der Waals surface area contributed by atoms with E-state index in [4.69, 9.17) is 9.15 Å². The van der Waals surface area contributed by atoms with Crippen molar-refractivity contribution in [3.63, 3.8) is 0 Å². The molecule has 33 heavy (non-hydrogen) atoms. The number of fused-ring (bicyclic) bond motifs is 1. The fraction of sp³-hybridized carbons (Fsp3) is 0.240. The van der Waals surface area contributed by atoms with E-state index >= 15 is 0 Å². The number of benzene rings is 2. The largest absolute Gasteiger partial charge is 0.502 e. The molecule has 2 unspecified atom stereocenters. The minimum absolute atomic E-state index is 0.0448. The number of ether oxygens (including phenoxy) is 1. The highest BCUT2D eigenvalue weighted by molar-refractivity contribution is 5.78. The molecule has 2 aromatic heterocycles. The molecule has 4 rings (SSSR count). The fourth-order valence-electron chi connectivity index (χ4n) is 3.79. The molecular weight excluding hydrogens is 422 g/mol. The monoisotopic (exact) mass is 447 g/mol. The van der Waals surface area contributed by atoms with E-state index in [1.165, 1.54) is 6.07 Å². The minimum atomic E-state index is -0.675. The molecular formula is C25H25N3O5. The van der Waals surface area contributed by atoms with Crippen LogP contribution in [0.2, 0.25) is 0 Å². The molecule has 2 atom stereocenters. The number of aryl methyl sites for hydroxylation is 1. The molecule has 4 aromatic rings. The Morgan fingerprint density at radius 2 is 1.94 bits per heavy atom. The Bertz CT molecular complexity index is 1310. The van der Waals surface area contributed by atoms with Crippen LogP contribution in [0.1, 0.15) is 48.2 Å². The summed E-state index contributed by atoms with van der Waals surface area (Å²) in [6.07, 6.45) is -0.0448. The standard InChI is InChI=1S/C25H25N3O5/c1-14-12-21(29)23(31)24(33-14)18(16-8-10-17(32-3)11-9-16)13-22(30)26-15(2)25-27-19-6-4-5-7-20(19)28-25/h4-12,15,18,31H,13H2,1-3H3,(H,26,30)(H,27,28). The van der Waals surface area contributed by atoms with Gasteiger partial charge >= 0.3 is 0 Å². The van der Waals surface area contributed by atoms with Gasteiger partial charge in [0.15, 0.2) is 5.76 Å². The molecule has 170 valence electrons. The molecule has 0 aliphatic carbocycles. The number of imidazole rings is 1. The number of hydrogen-bond acceptors (Lipinski definition) is 6.